The summed E-state index contributed by atoms with van der Waals surface area (Å²) in [6.07, 6.45) is 7.42. The Kier molecular flexibility index (Phi) is 1.59. The summed E-state index contributed by atoms with van der Waals surface area (Å²) in [7, 11) is 0. The van der Waals surface area contributed by atoms with Gasteiger partial charge in [-0.25, -0.2) is 4.79 Å². The molecule has 4 rings (SSSR count). The first-order valence-corrected chi connectivity index (χ1v) is 5.56. The summed E-state index contributed by atoms with van der Waals surface area (Å²) in [5.41, 5.74) is -0.0816. The van der Waals surface area contributed by atoms with Crippen LogP contribution in [0.4, 0.5) is 0 Å². The van der Waals surface area contributed by atoms with Gasteiger partial charge in [0, 0.05) is 6.08 Å². The topological polar surface area (TPSA) is 26.3 Å². The van der Waals surface area contributed by atoms with Crippen LogP contribution in [0.25, 0.3) is 0 Å². The van der Waals surface area contributed by atoms with E-state index in [1.807, 2.05) is 0 Å². The monoisotopic (exact) mass is 192 g/mol. The first-order valence-electron chi connectivity index (χ1n) is 5.56. The summed E-state index contributed by atoms with van der Waals surface area (Å²) >= 11 is 0. The lowest BCUT2D eigenvalue weighted by Gasteiger charge is -2.37. The van der Waals surface area contributed by atoms with Crippen molar-refractivity contribution in [3.05, 3.63) is 12.7 Å². The van der Waals surface area contributed by atoms with Crippen LogP contribution in [0.15, 0.2) is 12.7 Å². The van der Waals surface area contributed by atoms with Crippen molar-refractivity contribution in [2.75, 3.05) is 0 Å². The molecule has 76 valence electrons. The van der Waals surface area contributed by atoms with Crippen LogP contribution in [0.5, 0.6) is 0 Å². The molecule has 0 aromatic rings. The van der Waals surface area contributed by atoms with Crippen LogP contribution in [0.1, 0.15) is 32.1 Å². The van der Waals surface area contributed by atoms with Gasteiger partial charge in [-0.15, -0.1) is 0 Å². The highest BCUT2D eigenvalue weighted by atomic mass is 16.6. The molecule has 0 heterocycles. The number of hydrogen-bond acceptors (Lipinski definition) is 2. The highest BCUT2D eigenvalue weighted by Gasteiger charge is 2.57. The van der Waals surface area contributed by atoms with E-state index < -0.39 is 0 Å². The first kappa shape index (κ1) is 8.51. The summed E-state index contributed by atoms with van der Waals surface area (Å²) in [6.45, 7) is 3.46. The molecule has 0 spiro atoms. The fourth-order valence-electron chi connectivity index (χ4n) is 4.12. The third-order valence-corrected chi connectivity index (χ3v) is 4.35. The molecular weight excluding hydrogens is 176 g/mol. The summed E-state index contributed by atoms with van der Waals surface area (Å²) in [4.78, 5) is 11.2. The van der Waals surface area contributed by atoms with Crippen molar-refractivity contribution in [2.45, 2.75) is 37.7 Å². The van der Waals surface area contributed by atoms with E-state index in [9.17, 15) is 4.79 Å². The van der Waals surface area contributed by atoms with Crippen molar-refractivity contribution >= 4 is 5.97 Å². The molecule has 14 heavy (non-hydrogen) atoms. The Bertz CT molecular complexity index is 275. The lowest BCUT2D eigenvalue weighted by molar-refractivity contribution is -0.158. The molecule has 0 radical (unpaired) electrons. The molecule has 4 bridgehead atoms. The van der Waals surface area contributed by atoms with Gasteiger partial charge in [0.25, 0.3) is 0 Å². The van der Waals surface area contributed by atoms with Crippen LogP contribution >= 0.6 is 0 Å². The number of esters is 1. The Morgan fingerprint density at radius 3 is 2.43 bits per heavy atom. The van der Waals surface area contributed by atoms with Gasteiger partial charge >= 0.3 is 5.97 Å². The van der Waals surface area contributed by atoms with Gasteiger partial charge in [0.2, 0.25) is 0 Å². The number of hydrogen-bond donors (Lipinski definition) is 0. The van der Waals surface area contributed by atoms with Crippen LogP contribution < -0.4 is 0 Å². The van der Waals surface area contributed by atoms with Gasteiger partial charge in [-0.2, -0.15) is 0 Å². The largest absolute Gasteiger partial charge is 0.456 e. The lowest BCUT2D eigenvalue weighted by Crippen LogP contribution is -2.38. The second-order valence-electron chi connectivity index (χ2n) is 5.28. The van der Waals surface area contributed by atoms with Gasteiger partial charge in [0.1, 0.15) is 5.60 Å². The Morgan fingerprint density at radius 2 is 1.93 bits per heavy atom. The molecule has 0 amide bonds. The molecule has 0 aromatic carbocycles. The van der Waals surface area contributed by atoms with Gasteiger partial charge < -0.3 is 4.74 Å². The predicted molar refractivity (Wildman–Crippen MR) is 52.6 cm³/mol. The van der Waals surface area contributed by atoms with Crippen molar-refractivity contribution in [1.29, 1.82) is 0 Å². The molecule has 2 nitrogen and oxygen atoms in total. The first-order chi connectivity index (χ1) is 6.71. The maximum Gasteiger partial charge on any atom is 0.330 e. The Balaban J connectivity index is 1.80. The number of rotatable bonds is 2. The van der Waals surface area contributed by atoms with E-state index in [2.05, 4.69) is 6.58 Å². The third kappa shape index (κ3) is 1.06. The van der Waals surface area contributed by atoms with Crippen LogP contribution in [0.2, 0.25) is 0 Å². The molecule has 4 saturated carbocycles. The van der Waals surface area contributed by atoms with Gasteiger partial charge in [-0.05, 0) is 49.9 Å². The zero-order valence-electron chi connectivity index (χ0n) is 8.37. The van der Waals surface area contributed by atoms with E-state index >= 15 is 0 Å². The molecule has 4 fully saturated rings. The third-order valence-electron chi connectivity index (χ3n) is 4.35. The van der Waals surface area contributed by atoms with E-state index in [1.54, 1.807) is 0 Å². The molecule has 4 aliphatic rings. The van der Waals surface area contributed by atoms with Gasteiger partial charge in [0.05, 0.1) is 0 Å². The van der Waals surface area contributed by atoms with Gasteiger partial charge in [0.15, 0.2) is 0 Å². The number of carbonyl (C=O) groups excluding carboxylic acids is 1. The minimum atomic E-state index is -0.230. The second-order valence-corrected chi connectivity index (χ2v) is 5.28. The molecular formula is C12H16O2. The van der Waals surface area contributed by atoms with Gasteiger partial charge in [-0.3, -0.25) is 0 Å². The summed E-state index contributed by atoms with van der Waals surface area (Å²) < 4.78 is 5.56. The molecule has 2 unspecified atom stereocenters. The molecule has 0 aliphatic heterocycles. The SMILES string of the molecule is C=CC(=O)OC12CC3CC(C1)C(C3)C2. The Morgan fingerprint density at radius 1 is 1.29 bits per heavy atom. The Labute approximate surface area is 84.3 Å². The van der Waals surface area contributed by atoms with E-state index in [0.29, 0.717) is 0 Å². The van der Waals surface area contributed by atoms with Crippen molar-refractivity contribution < 1.29 is 9.53 Å². The fraction of sp³-hybridized carbons (Fsp3) is 0.750. The second kappa shape index (κ2) is 2.62. The molecule has 2 heteroatoms. The predicted octanol–water partition coefficient (Wildman–Crippen LogP) is 2.29. The van der Waals surface area contributed by atoms with E-state index in [-0.39, 0.29) is 11.6 Å². The fourth-order valence-corrected chi connectivity index (χ4v) is 4.12. The average molecular weight is 192 g/mol. The van der Waals surface area contributed by atoms with Crippen molar-refractivity contribution in [3.63, 3.8) is 0 Å². The summed E-state index contributed by atoms with van der Waals surface area (Å²) in [6, 6.07) is 0. The highest BCUT2D eigenvalue weighted by molar-refractivity contribution is 5.81. The van der Waals surface area contributed by atoms with Crippen molar-refractivity contribution in [1.82, 2.24) is 0 Å². The molecule has 0 aromatic heterocycles. The van der Waals surface area contributed by atoms with Crippen LogP contribution in [-0.4, -0.2) is 11.6 Å². The summed E-state index contributed by atoms with van der Waals surface area (Å²) in [5, 5.41) is 0. The van der Waals surface area contributed by atoms with Crippen LogP contribution in [0.3, 0.4) is 0 Å². The van der Waals surface area contributed by atoms with E-state index in [0.717, 1.165) is 37.0 Å². The molecule has 0 saturated heterocycles. The zero-order chi connectivity index (χ0) is 9.76. The highest BCUT2D eigenvalue weighted by Crippen LogP contribution is 2.61. The smallest absolute Gasteiger partial charge is 0.330 e. The standard InChI is InChI=1S/C12H16O2/c1-2-11(13)14-12-5-8-3-9(6-12)10(4-8)7-12/h2,8-10H,1,3-7H2. The van der Waals surface area contributed by atoms with Crippen molar-refractivity contribution in [2.24, 2.45) is 17.8 Å². The van der Waals surface area contributed by atoms with Gasteiger partial charge in [-0.1, -0.05) is 6.58 Å². The summed E-state index contributed by atoms with van der Waals surface area (Å²) in [5.74, 6) is 2.31. The molecule has 2 atom stereocenters. The van der Waals surface area contributed by atoms with E-state index in [4.69, 9.17) is 4.74 Å². The van der Waals surface area contributed by atoms with Crippen LogP contribution in [-0.2, 0) is 9.53 Å². The quantitative estimate of drug-likeness (QED) is 0.495. The van der Waals surface area contributed by atoms with Crippen molar-refractivity contribution in [3.8, 4) is 0 Å². The Hall–Kier alpha value is -0.790. The van der Waals surface area contributed by atoms with Crippen LogP contribution in [0, 0.1) is 17.8 Å². The minimum Gasteiger partial charge on any atom is -0.456 e. The maximum absolute atomic E-state index is 11.2. The van der Waals surface area contributed by atoms with E-state index in [1.165, 1.54) is 18.9 Å². The average Bonchev–Trinajstić information content (AvgIpc) is 2.53. The molecule has 0 N–H and O–H groups in total. The minimum absolute atomic E-state index is 0.0816. The number of carbonyl (C=O) groups is 1. The zero-order valence-corrected chi connectivity index (χ0v) is 8.37. The lowest BCUT2D eigenvalue weighted by atomic mass is 9.78. The number of ether oxygens (including phenoxy) is 1. The normalized spacial score (nSPS) is 48.1. The maximum atomic E-state index is 11.2. The molecule has 4 aliphatic carbocycles.